The molecule has 4 heteroatoms. The van der Waals surface area contributed by atoms with E-state index < -0.39 is 0 Å². The molecule has 0 unspecified atom stereocenters. The fraction of sp³-hybridized carbons (Fsp3) is 0.133. The topological polar surface area (TPSA) is 36.3 Å². The van der Waals surface area contributed by atoms with Crippen LogP contribution >= 0.6 is 0 Å². The number of nitrogens with zero attached hydrogens (tertiary/aromatic N) is 2. The van der Waals surface area contributed by atoms with Crippen LogP contribution < -0.4 is 9.47 Å². The maximum atomic E-state index is 5.36. The highest BCUT2D eigenvalue weighted by Gasteiger charge is 2.07. The Morgan fingerprint density at radius 2 is 1.84 bits per heavy atom. The van der Waals surface area contributed by atoms with Gasteiger partial charge in [-0.15, -0.1) is 0 Å². The van der Waals surface area contributed by atoms with Crippen molar-refractivity contribution in [1.29, 1.82) is 0 Å². The summed E-state index contributed by atoms with van der Waals surface area (Å²) in [4.78, 5) is 0. The van der Waals surface area contributed by atoms with E-state index in [0.717, 1.165) is 28.1 Å². The lowest BCUT2D eigenvalue weighted by molar-refractivity contribution is 0.412. The molecule has 0 saturated carbocycles. The average molecular weight is 254 g/mol. The fourth-order valence-corrected chi connectivity index (χ4v) is 2.07. The van der Waals surface area contributed by atoms with Crippen LogP contribution in [0.2, 0.25) is 0 Å². The Morgan fingerprint density at radius 3 is 2.63 bits per heavy atom. The van der Waals surface area contributed by atoms with Gasteiger partial charge in [-0.2, -0.15) is 5.10 Å². The first-order valence-electron chi connectivity index (χ1n) is 5.98. The zero-order valence-corrected chi connectivity index (χ0v) is 10.8. The van der Waals surface area contributed by atoms with Gasteiger partial charge < -0.3 is 9.47 Å². The maximum absolute atomic E-state index is 5.36. The van der Waals surface area contributed by atoms with Gasteiger partial charge in [-0.1, -0.05) is 12.1 Å². The highest BCUT2D eigenvalue weighted by molar-refractivity contribution is 5.80. The smallest absolute Gasteiger partial charge is 0.144 e. The molecule has 1 heterocycles. The first-order chi connectivity index (χ1) is 9.31. The van der Waals surface area contributed by atoms with Gasteiger partial charge in [0.2, 0.25) is 0 Å². The predicted octanol–water partition coefficient (Wildman–Crippen LogP) is 3.04. The van der Waals surface area contributed by atoms with Crippen molar-refractivity contribution in [3.05, 3.63) is 48.7 Å². The van der Waals surface area contributed by atoms with E-state index in [1.807, 2.05) is 53.3 Å². The second-order valence-corrected chi connectivity index (χ2v) is 4.17. The van der Waals surface area contributed by atoms with Gasteiger partial charge in [0, 0.05) is 11.6 Å². The largest absolute Gasteiger partial charge is 0.497 e. The molecule has 0 radical (unpaired) electrons. The second-order valence-electron chi connectivity index (χ2n) is 4.17. The second kappa shape index (κ2) is 4.65. The Bertz CT molecular complexity index is 719. The SMILES string of the molecule is COc1ccc2nn(-c3ccccc3OC)cc2c1. The van der Waals surface area contributed by atoms with Crippen molar-refractivity contribution < 1.29 is 9.47 Å². The van der Waals surface area contributed by atoms with Crippen molar-refractivity contribution in [2.75, 3.05) is 14.2 Å². The van der Waals surface area contributed by atoms with Crippen molar-refractivity contribution >= 4 is 10.9 Å². The van der Waals surface area contributed by atoms with Crippen molar-refractivity contribution in [3.8, 4) is 17.2 Å². The van der Waals surface area contributed by atoms with Crippen LogP contribution in [-0.4, -0.2) is 24.0 Å². The van der Waals surface area contributed by atoms with Gasteiger partial charge in [-0.05, 0) is 30.3 Å². The predicted molar refractivity (Wildman–Crippen MR) is 74.2 cm³/mol. The molecule has 0 aliphatic heterocycles. The van der Waals surface area contributed by atoms with E-state index in [1.165, 1.54) is 0 Å². The van der Waals surface area contributed by atoms with Crippen molar-refractivity contribution in [2.45, 2.75) is 0 Å². The van der Waals surface area contributed by atoms with Crippen LogP contribution in [0.3, 0.4) is 0 Å². The third-order valence-corrected chi connectivity index (χ3v) is 3.04. The minimum atomic E-state index is 0.794. The van der Waals surface area contributed by atoms with E-state index in [2.05, 4.69) is 5.10 Å². The van der Waals surface area contributed by atoms with E-state index in [4.69, 9.17) is 9.47 Å². The number of rotatable bonds is 3. The molecule has 0 aliphatic carbocycles. The van der Waals surface area contributed by atoms with E-state index in [1.54, 1.807) is 14.2 Å². The van der Waals surface area contributed by atoms with Gasteiger partial charge in [0.05, 0.1) is 19.7 Å². The summed E-state index contributed by atoms with van der Waals surface area (Å²) in [7, 11) is 3.32. The molecule has 0 amide bonds. The Labute approximate surface area is 111 Å². The molecule has 0 spiro atoms. The van der Waals surface area contributed by atoms with Gasteiger partial charge in [0.1, 0.15) is 17.2 Å². The lowest BCUT2D eigenvalue weighted by Gasteiger charge is -2.06. The van der Waals surface area contributed by atoms with Crippen molar-refractivity contribution in [2.24, 2.45) is 0 Å². The number of benzene rings is 2. The van der Waals surface area contributed by atoms with Crippen LogP contribution in [0.5, 0.6) is 11.5 Å². The van der Waals surface area contributed by atoms with Gasteiger partial charge in [0.15, 0.2) is 0 Å². The normalized spacial score (nSPS) is 10.6. The zero-order chi connectivity index (χ0) is 13.2. The first-order valence-corrected chi connectivity index (χ1v) is 5.98. The Kier molecular flexibility index (Phi) is 2.83. The van der Waals surface area contributed by atoms with Gasteiger partial charge >= 0.3 is 0 Å². The van der Waals surface area contributed by atoms with Gasteiger partial charge in [-0.3, -0.25) is 0 Å². The van der Waals surface area contributed by atoms with Crippen molar-refractivity contribution in [3.63, 3.8) is 0 Å². The van der Waals surface area contributed by atoms with E-state index in [-0.39, 0.29) is 0 Å². The van der Waals surface area contributed by atoms with E-state index in [9.17, 15) is 0 Å². The molecule has 4 nitrogen and oxygen atoms in total. The molecule has 0 N–H and O–H groups in total. The zero-order valence-electron chi connectivity index (χ0n) is 10.8. The summed E-state index contributed by atoms with van der Waals surface area (Å²) in [5, 5.41) is 5.58. The minimum absolute atomic E-state index is 0.794. The number of para-hydroxylation sites is 2. The number of ether oxygens (including phenoxy) is 2. The maximum Gasteiger partial charge on any atom is 0.144 e. The standard InChI is InChI=1S/C15H14N2O2/c1-18-12-7-8-13-11(9-12)10-17(16-13)14-5-3-4-6-15(14)19-2/h3-10H,1-2H3. The quantitative estimate of drug-likeness (QED) is 0.720. The van der Waals surface area contributed by atoms with Crippen LogP contribution in [0.1, 0.15) is 0 Å². The number of methoxy groups -OCH3 is 2. The number of aromatic nitrogens is 2. The summed E-state index contributed by atoms with van der Waals surface area (Å²) in [6, 6.07) is 13.6. The summed E-state index contributed by atoms with van der Waals surface area (Å²) in [6.07, 6.45) is 1.97. The first kappa shape index (κ1) is 11.6. The van der Waals surface area contributed by atoms with Crippen LogP contribution in [0.15, 0.2) is 48.7 Å². The molecule has 96 valence electrons. The molecule has 0 bridgehead atoms. The third-order valence-electron chi connectivity index (χ3n) is 3.04. The number of fused-ring (bicyclic) bond motifs is 1. The summed E-state index contributed by atoms with van der Waals surface area (Å²) in [6.45, 7) is 0. The van der Waals surface area contributed by atoms with Crippen LogP contribution in [0.25, 0.3) is 16.6 Å². The molecule has 0 aliphatic rings. The average Bonchev–Trinajstić information content (AvgIpc) is 2.89. The molecule has 3 aromatic rings. The van der Waals surface area contributed by atoms with Crippen LogP contribution in [0, 0.1) is 0 Å². The Balaban J connectivity index is 2.15. The molecule has 1 aromatic heterocycles. The molecule has 3 rings (SSSR count). The summed E-state index contributed by atoms with van der Waals surface area (Å²) < 4.78 is 12.4. The minimum Gasteiger partial charge on any atom is -0.497 e. The van der Waals surface area contributed by atoms with E-state index in [0.29, 0.717) is 0 Å². The van der Waals surface area contributed by atoms with Crippen LogP contribution in [0.4, 0.5) is 0 Å². The van der Waals surface area contributed by atoms with E-state index >= 15 is 0 Å². The third kappa shape index (κ3) is 2.01. The van der Waals surface area contributed by atoms with Crippen molar-refractivity contribution in [1.82, 2.24) is 9.78 Å². The lowest BCUT2D eigenvalue weighted by Crippen LogP contribution is -1.97. The number of hydrogen-bond acceptors (Lipinski definition) is 3. The molecular formula is C15H14N2O2. The fourth-order valence-electron chi connectivity index (χ4n) is 2.07. The molecule has 0 fully saturated rings. The van der Waals surface area contributed by atoms with Gasteiger partial charge in [-0.25, -0.2) is 4.68 Å². The summed E-state index contributed by atoms with van der Waals surface area (Å²) >= 11 is 0. The Hall–Kier alpha value is -2.49. The highest BCUT2D eigenvalue weighted by atomic mass is 16.5. The number of hydrogen-bond donors (Lipinski definition) is 0. The Morgan fingerprint density at radius 1 is 1.00 bits per heavy atom. The highest BCUT2D eigenvalue weighted by Crippen LogP contribution is 2.25. The molecule has 0 atom stereocenters. The van der Waals surface area contributed by atoms with Crippen LogP contribution in [-0.2, 0) is 0 Å². The molecular weight excluding hydrogens is 240 g/mol. The summed E-state index contributed by atoms with van der Waals surface area (Å²) in [5.74, 6) is 1.62. The lowest BCUT2D eigenvalue weighted by atomic mass is 10.2. The molecule has 19 heavy (non-hydrogen) atoms. The van der Waals surface area contributed by atoms with Gasteiger partial charge in [0.25, 0.3) is 0 Å². The monoisotopic (exact) mass is 254 g/mol. The molecule has 2 aromatic carbocycles. The summed E-state index contributed by atoms with van der Waals surface area (Å²) in [5.41, 5.74) is 1.84. The molecule has 0 saturated heterocycles.